The highest BCUT2D eigenvalue weighted by atomic mass is 16.7. The van der Waals surface area contributed by atoms with Gasteiger partial charge in [-0.25, -0.2) is 0 Å². The van der Waals surface area contributed by atoms with Crippen molar-refractivity contribution in [2.45, 2.75) is 6.61 Å². The van der Waals surface area contributed by atoms with E-state index < -0.39 is 0 Å². The summed E-state index contributed by atoms with van der Waals surface area (Å²) in [5, 5.41) is 9.79. The quantitative estimate of drug-likeness (QED) is 0.901. The van der Waals surface area contributed by atoms with Crippen LogP contribution in [-0.4, -0.2) is 11.9 Å². The third-order valence-corrected chi connectivity index (χ3v) is 2.69. The molecule has 0 radical (unpaired) electrons. The molecule has 0 saturated carbocycles. The van der Waals surface area contributed by atoms with Gasteiger partial charge in [0.2, 0.25) is 6.79 Å². The summed E-state index contributed by atoms with van der Waals surface area (Å²) in [5.74, 6) is 1.58. The lowest BCUT2D eigenvalue weighted by atomic mass is 10.2. The van der Waals surface area contributed by atoms with Gasteiger partial charge < -0.3 is 19.3 Å². The van der Waals surface area contributed by atoms with Crippen LogP contribution in [0.25, 0.3) is 0 Å². The number of rotatable bonds is 3. The van der Waals surface area contributed by atoms with E-state index in [-0.39, 0.29) is 12.5 Å². The normalized spacial score (nSPS) is 12.4. The second kappa shape index (κ2) is 4.49. The summed E-state index contributed by atoms with van der Waals surface area (Å²) in [6.45, 7) is 0.574. The highest BCUT2D eigenvalue weighted by Crippen LogP contribution is 2.41. The fourth-order valence-corrected chi connectivity index (χ4v) is 1.76. The number of phenolic OH excluding ortho intramolecular Hbond substituents is 1. The molecule has 2 aromatic carbocycles. The van der Waals surface area contributed by atoms with Gasteiger partial charge in [-0.3, -0.25) is 0 Å². The zero-order chi connectivity index (χ0) is 12.4. The van der Waals surface area contributed by atoms with Crippen molar-refractivity contribution in [2.75, 3.05) is 6.79 Å². The molecular weight excluding hydrogens is 232 g/mol. The van der Waals surface area contributed by atoms with Gasteiger partial charge in [-0.2, -0.15) is 0 Å². The molecule has 0 atom stereocenters. The Hall–Kier alpha value is -2.36. The van der Waals surface area contributed by atoms with Crippen molar-refractivity contribution >= 4 is 0 Å². The molecule has 0 bridgehead atoms. The fraction of sp³-hybridized carbons (Fsp3) is 0.143. The molecule has 18 heavy (non-hydrogen) atoms. The molecule has 1 aliphatic rings. The average molecular weight is 244 g/mol. The Labute approximate surface area is 104 Å². The Kier molecular flexibility index (Phi) is 2.68. The number of hydrogen-bond donors (Lipinski definition) is 1. The van der Waals surface area contributed by atoms with Gasteiger partial charge in [-0.05, 0) is 5.56 Å². The van der Waals surface area contributed by atoms with Crippen LogP contribution in [0.5, 0.6) is 23.0 Å². The first-order valence-corrected chi connectivity index (χ1v) is 5.62. The minimum atomic E-state index is 0.0511. The van der Waals surface area contributed by atoms with Crippen molar-refractivity contribution in [1.29, 1.82) is 0 Å². The van der Waals surface area contributed by atoms with Crippen LogP contribution in [0.3, 0.4) is 0 Å². The third-order valence-electron chi connectivity index (χ3n) is 2.69. The number of phenols is 1. The molecule has 92 valence electrons. The number of hydrogen-bond acceptors (Lipinski definition) is 4. The molecule has 0 saturated heterocycles. The molecule has 3 rings (SSSR count). The van der Waals surface area contributed by atoms with E-state index in [1.54, 1.807) is 6.07 Å². The number of fused-ring (bicyclic) bond motifs is 1. The van der Waals surface area contributed by atoms with E-state index >= 15 is 0 Å². The topological polar surface area (TPSA) is 47.9 Å². The van der Waals surface area contributed by atoms with Crippen LogP contribution in [0.2, 0.25) is 0 Å². The Morgan fingerprint density at radius 1 is 1.06 bits per heavy atom. The molecule has 4 nitrogen and oxygen atoms in total. The highest BCUT2D eigenvalue weighted by Gasteiger charge is 2.17. The van der Waals surface area contributed by atoms with Crippen LogP contribution in [0.4, 0.5) is 0 Å². The summed E-state index contributed by atoms with van der Waals surface area (Å²) >= 11 is 0. The van der Waals surface area contributed by atoms with Gasteiger partial charge in [-0.1, -0.05) is 30.3 Å². The number of ether oxygens (including phenoxy) is 3. The Bertz CT molecular complexity index is 551. The lowest BCUT2D eigenvalue weighted by Crippen LogP contribution is -1.95. The maximum Gasteiger partial charge on any atom is 0.231 e. The molecule has 0 aliphatic carbocycles. The smallest absolute Gasteiger partial charge is 0.231 e. The second-order valence-electron chi connectivity index (χ2n) is 3.95. The first-order valence-electron chi connectivity index (χ1n) is 5.62. The molecule has 0 fully saturated rings. The first kappa shape index (κ1) is 10.8. The Morgan fingerprint density at radius 2 is 1.78 bits per heavy atom. The van der Waals surface area contributed by atoms with Crippen molar-refractivity contribution in [3.05, 3.63) is 48.0 Å². The van der Waals surface area contributed by atoms with Gasteiger partial charge >= 0.3 is 0 Å². The van der Waals surface area contributed by atoms with E-state index in [9.17, 15) is 5.11 Å². The lowest BCUT2D eigenvalue weighted by molar-refractivity contribution is 0.173. The van der Waals surface area contributed by atoms with E-state index in [4.69, 9.17) is 14.2 Å². The molecule has 0 amide bonds. The fourth-order valence-electron chi connectivity index (χ4n) is 1.76. The maximum atomic E-state index is 9.79. The average Bonchev–Trinajstić information content (AvgIpc) is 2.84. The largest absolute Gasteiger partial charge is 0.504 e. The summed E-state index contributed by atoms with van der Waals surface area (Å²) < 4.78 is 16.0. The van der Waals surface area contributed by atoms with Crippen LogP contribution in [0.1, 0.15) is 5.56 Å². The third kappa shape index (κ3) is 2.05. The van der Waals surface area contributed by atoms with Crippen molar-refractivity contribution in [2.24, 2.45) is 0 Å². The van der Waals surface area contributed by atoms with Crippen molar-refractivity contribution in [1.82, 2.24) is 0 Å². The van der Waals surface area contributed by atoms with Crippen LogP contribution < -0.4 is 14.2 Å². The molecule has 1 heterocycles. The summed E-state index contributed by atoms with van der Waals surface area (Å²) in [4.78, 5) is 0. The molecule has 1 N–H and O–H groups in total. The van der Waals surface area contributed by atoms with Crippen LogP contribution in [-0.2, 0) is 6.61 Å². The molecule has 1 aliphatic heterocycles. The van der Waals surface area contributed by atoms with Crippen LogP contribution in [0, 0.1) is 0 Å². The molecule has 0 unspecified atom stereocenters. The van der Waals surface area contributed by atoms with E-state index in [2.05, 4.69) is 0 Å². The molecule has 0 spiro atoms. The highest BCUT2D eigenvalue weighted by molar-refractivity contribution is 5.54. The Balaban J connectivity index is 1.77. The SMILES string of the molecule is Oc1cc2c(cc1OCc1ccccc1)OCO2. The van der Waals surface area contributed by atoms with E-state index in [1.807, 2.05) is 30.3 Å². The number of aromatic hydroxyl groups is 1. The van der Waals surface area contributed by atoms with Gasteiger partial charge in [0, 0.05) is 12.1 Å². The minimum absolute atomic E-state index is 0.0511. The van der Waals surface area contributed by atoms with Gasteiger partial charge in [0.05, 0.1) is 0 Å². The van der Waals surface area contributed by atoms with Gasteiger partial charge in [0.15, 0.2) is 23.0 Å². The van der Waals surface area contributed by atoms with Crippen molar-refractivity contribution < 1.29 is 19.3 Å². The van der Waals surface area contributed by atoms with E-state index in [1.165, 1.54) is 6.07 Å². The zero-order valence-corrected chi connectivity index (χ0v) is 9.63. The second-order valence-corrected chi connectivity index (χ2v) is 3.95. The summed E-state index contributed by atoms with van der Waals surface area (Å²) in [7, 11) is 0. The summed E-state index contributed by atoms with van der Waals surface area (Å²) in [6.07, 6.45) is 0. The molecule has 0 aromatic heterocycles. The number of benzene rings is 2. The maximum absolute atomic E-state index is 9.79. The lowest BCUT2D eigenvalue weighted by Gasteiger charge is -2.09. The van der Waals surface area contributed by atoms with E-state index in [0.717, 1.165) is 5.56 Å². The van der Waals surface area contributed by atoms with Gasteiger partial charge in [0.1, 0.15) is 6.61 Å². The summed E-state index contributed by atoms with van der Waals surface area (Å²) in [6, 6.07) is 12.9. The predicted octanol–water partition coefficient (Wildman–Crippen LogP) is 2.70. The monoisotopic (exact) mass is 244 g/mol. The molecular formula is C14H12O4. The van der Waals surface area contributed by atoms with Crippen molar-refractivity contribution in [3.8, 4) is 23.0 Å². The van der Waals surface area contributed by atoms with Crippen molar-refractivity contribution in [3.63, 3.8) is 0 Å². The first-order chi connectivity index (χ1) is 8.83. The molecule has 4 heteroatoms. The zero-order valence-electron chi connectivity index (χ0n) is 9.63. The summed E-state index contributed by atoms with van der Waals surface area (Å²) in [5.41, 5.74) is 1.04. The molecule has 2 aromatic rings. The van der Waals surface area contributed by atoms with Crippen LogP contribution >= 0.6 is 0 Å². The van der Waals surface area contributed by atoms with Crippen LogP contribution in [0.15, 0.2) is 42.5 Å². The van der Waals surface area contributed by atoms with E-state index in [0.29, 0.717) is 23.9 Å². The Morgan fingerprint density at radius 3 is 2.56 bits per heavy atom. The standard InChI is InChI=1S/C14H12O4/c15-11-6-13-14(18-9-17-13)7-12(11)16-8-10-4-2-1-3-5-10/h1-7,15H,8-9H2. The minimum Gasteiger partial charge on any atom is -0.504 e. The van der Waals surface area contributed by atoms with Gasteiger partial charge in [0.25, 0.3) is 0 Å². The predicted molar refractivity (Wildman–Crippen MR) is 65.0 cm³/mol. The van der Waals surface area contributed by atoms with Gasteiger partial charge in [-0.15, -0.1) is 0 Å².